The average Bonchev–Trinajstić information content (AvgIpc) is 2.27. The largest absolute Gasteiger partial charge is 0.392 e. The fourth-order valence-corrected chi connectivity index (χ4v) is 2.96. The Morgan fingerprint density at radius 3 is 2.24 bits per heavy atom. The van der Waals surface area contributed by atoms with Crippen molar-refractivity contribution in [3.63, 3.8) is 0 Å². The summed E-state index contributed by atoms with van der Waals surface area (Å²) in [4.78, 5) is 17.2. The lowest BCUT2D eigenvalue weighted by Gasteiger charge is -2.44. The van der Waals surface area contributed by atoms with Crippen molar-refractivity contribution in [1.29, 1.82) is 0 Å². The standard InChI is InChI=1S/C12H21N3OS/c1-2-14-6-8-15(9-7-14)11(16)12(10(13)17)4-3-5-12/h2-9H2,1H3,(H2,13,17). The van der Waals surface area contributed by atoms with Crippen molar-refractivity contribution in [3.8, 4) is 0 Å². The first-order valence-electron chi connectivity index (χ1n) is 6.42. The zero-order valence-corrected chi connectivity index (χ0v) is 11.3. The number of thiocarbonyl (C=S) groups is 1. The highest BCUT2D eigenvalue weighted by atomic mass is 32.1. The van der Waals surface area contributed by atoms with Crippen molar-refractivity contribution in [2.24, 2.45) is 11.1 Å². The van der Waals surface area contributed by atoms with Crippen LogP contribution < -0.4 is 5.73 Å². The summed E-state index contributed by atoms with van der Waals surface area (Å²) in [6, 6.07) is 0. The van der Waals surface area contributed by atoms with Crippen LogP contribution in [-0.4, -0.2) is 53.4 Å². The molecular formula is C12H21N3OS. The number of likely N-dealkylation sites (N-methyl/N-ethyl adjacent to an activating group) is 1. The van der Waals surface area contributed by atoms with Crippen molar-refractivity contribution < 1.29 is 4.79 Å². The second kappa shape index (κ2) is 4.90. The summed E-state index contributed by atoms with van der Waals surface area (Å²) in [5, 5.41) is 0. The SMILES string of the molecule is CCN1CCN(C(=O)C2(C(N)=S)CCC2)CC1. The van der Waals surface area contributed by atoms with E-state index in [1.807, 2.05) is 4.90 Å². The summed E-state index contributed by atoms with van der Waals surface area (Å²) < 4.78 is 0. The van der Waals surface area contributed by atoms with Crippen molar-refractivity contribution >= 4 is 23.1 Å². The van der Waals surface area contributed by atoms with Crippen LogP contribution in [-0.2, 0) is 4.79 Å². The van der Waals surface area contributed by atoms with Gasteiger partial charge in [-0.15, -0.1) is 0 Å². The van der Waals surface area contributed by atoms with Gasteiger partial charge in [-0.1, -0.05) is 25.6 Å². The zero-order valence-electron chi connectivity index (χ0n) is 10.4. The van der Waals surface area contributed by atoms with Gasteiger partial charge in [-0.3, -0.25) is 4.79 Å². The van der Waals surface area contributed by atoms with Gasteiger partial charge in [0.1, 0.15) is 0 Å². The van der Waals surface area contributed by atoms with Crippen LogP contribution in [0.25, 0.3) is 0 Å². The Morgan fingerprint density at radius 1 is 1.29 bits per heavy atom. The molecule has 1 aliphatic heterocycles. The Balaban J connectivity index is 1.99. The van der Waals surface area contributed by atoms with Gasteiger partial charge in [0, 0.05) is 26.2 Å². The van der Waals surface area contributed by atoms with E-state index in [4.69, 9.17) is 18.0 Å². The van der Waals surface area contributed by atoms with Crippen LogP contribution in [0.3, 0.4) is 0 Å². The van der Waals surface area contributed by atoms with E-state index in [-0.39, 0.29) is 5.91 Å². The number of nitrogens with zero attached hydrogens (tertiary/aromatic N) is 2. The number of hydrogen-bond acceptors (Lipinski definition) is 3. The van der Waals surface area contributed by atoms with E-state index in [9.17, 15) is 4.79 Å². The first kappa shape index (κ1) is 12.8. The molecule has 2 aliphatic rings. The molecule has 0 aromatic rings. The molecule has 0 atom stereocenters. The third-order valence-corrected chi connectivity index (χ3v) is 4.59. The van der Waals surface area contributed by atoms with Gasteiger partial charge in [0.15, 0.2) is 0 Å². The number of amides is 1. The molecule has 2 N–H and O–H groups in total. The molecule has 0 bridgehead atoms. The van der Waals surface area contributed by atoms with Gasteiger partial charge in [0.25, 0.3) is 0 Å². The third kappa shape index (κ3) is 2.18. The Kier molecular flexibility index (Phi) is 3.68. The van der Waals surface area contributed by atoms with Crippen molar-refractivity contribution in [2.75, 3.05) is 32.7 Å². The Hall–Kier alpha value is -0.680. The van der Waals surface area contributed by atoms with Gasteiger partial charge in [-0.05, 0) is 19.4 Å². The molecule has 1 saturated carbocycles. The predicted molar refractivity (Wildman–Crippen MR) is 71.8 cm³/mol. The molecule has 0 aromatic carbocycles. The minimum atomic E-state index is -0.496. The van der Waals surface area contributed by atoms with E-state index in [1.165, 1.54) is 0 Å². The molecular weight excluding hydrogens is 234 g/mol. The van der Waals surface area contributed by atoms with E-state index >= 15 is 0 Å². The van der Waals surface area contributed by atoms with Crippen LogP contribution in [0, 0.1) is 5.41 Å². The van der Waals surface area contributed by atoms with Crippen LogP contribution in [0.1, 0.15) is 26.2 Å². The molecule has 17 heavy (non-hydrogen) atoms. The Labute approximate surface area is 108 Å². The fraction of sp³-hybridized carbons (Fsp3) is 0.833. The number of hydrogen-bond donors (Lipinski definition) is 1. The van der Waals surface area contributed by atoms with Crippen LogP contribution >= 0.6 is 12.2 Å². The summed E-state index contributed by atoms with van der Waals surface area (Å²) in [6.45, 7) is 6.78. The number of rotatable bonds is 3. The molecule has 1 saturated heterocycles. The number of piperazine rings is 1. The third-order valence-electron chi connectivity index (χ3n) is 4.19. The lowest BCUT2D eigenvalue weighted by atomic mass is 9.67. The maximum absolute atomic E-state index is 12.5. The van der Waals surface area contributed by atoms with E-state index in [2.05, 4.69) is 11.8 Å². The monoisotopic (exact) mass is 255 g/mol. The summed E-state index contributed by atoms with van der Waals surface area (Å²) in [5.74, 6) is 0.173. The van der Waals surface area contributed by atoms with E-state index in [0.717, 1.165) is 52.0 Å². The normalized spacial score (nSPS) is 24.2. The highest BCUT2D eigenvalue weighted by Crippen LogP contribution is 2.43. The fourth-order valence-electron chi connectivity index (χ4n) is 2.67. The molecule has 1 amide bonds. The molecule has 2 fully saturated rings. The quantitative estimate of drug-likeness (QED) is 0.751. The molecule has 0 aromatic heterocycles. The topological polar surface area (TPSA) is 49.6 Å². The number of nitrogens with two attached hydrogens (primary N) is 1. The molecule has 0 radical (unpaired) electrons. The molecule has 2 rings (SSSR count). The predicted octanol–water partition coefficient (Wildman–Crippen LogP) is 0.607. The van der Waals surface area contributed by atoms with E-state index in [1.54, 1.807) is 0 Å². The molecule has 0 spiro atoms. The van der Waals surface area contributed by atoms with Crippen LogP contribution in [0.15, 0.2) is 0 Å². The van der Waals surface area contributed by atoms with E-state index < -0.39 is 5.41 Å². The van der Waals surface area contributed by atoms with E-state index in [0.29, 0.717) is 4.99 Å². The lowest BCUT2D eigenvalue weighted by molar-refractivity contribution is -0.143. The summed E-state index contributed by atoms with van der Waals surface area (Å²) >= 11 is 5.09. The van der Waals surface area contributed by atoms with Gasteiger partial charge in [0.05, 0.1) is 10.4 Å². The van der Waals surface area contributed by atoms with Crippen molar-refractivity contribution in [2.45, 2.75) is 26.2 Å². The van der Waals surface area contributed by atoms with Crippen LogP contribution in [0.2, 0.25) is 0 Å². The number of carbonyl (C=O) groups is 1. The van der Waals surface area contributed by atoms with Gasteiger partial charge in [-0.25, -0.2) is 0 Å². The minimum absolute atomic E-state index is 0.173. The Bertz CT molecular complexity index is 320. The van der Waals surface area contributed by atoms with Gasteiger partial charge in [-0.2, -0.15) is 0 Å². The summed E-state index contributed by atoms with van der Waals surface area (Å²) in [7, 11) is 0. The smallest absolute Gasteiger partial charge is 0.235 e. The molecule has 96 valence electrons. The van der Waals surface area contributed by atoms with Gasteiger partial charge < -0.3 is 15.5 Å². The minimum Gasteiger partial charge on any atom is -0.392 e. The maximum Gasteiger partial charge on any atom is 0.235 e. The lowest BCUT2D eigenvalue weighted by Crippen LogP contribution is -2.58. The molecule has 5 heteroatoms. The average molecular weight is 255 g/mol. The molecule has 4 nitrogen and oxygen atoms in total. The zero-order chi connectivity index (χ0) is 12.5. The molecule has 1 aliphatic carbocycles. The highest BCUT2D eigenvalue weighted by molar-refractivity contribution is 7.80. The summed E-state index contributed by atoms with van der Waals surface area (Å²) in [6.07, 6.45) is 2.75. The number of carbonyl (C=O) groups excluding carboxylic acids is 1. The van der Waals surface area contributed by atoms with Gasteiger partial charge in [0.2, 0.25) is 5.91 Å². The van der Waals surface area contributed by atoms with Crippen molar-refractivity contribution in [3.05, 3.63) is 0 Å². The van der Waals surface area contributed by atoms with Crippen LogP contribution in [0.4, 0.5) is 0 Å². The molecule has 0 unspecified atom stereocenters. The van der Waals surface area contributed by atoms with Crippen LogP contribution in [0.5, 0.6) is 0 Å². The molecule has 1 heterocycles. The highest BCUT2D eigenvalue weighted by Gasteiger charge is 2.49. The maximum atomic E-state index is 12.5. The first-order chi connectivity index (χ1) is 8.10. The van der Waals surface area contributed by atoms with Gasteiger partial charge >= 0.3 is 0 Å². The second-order valence-electron chi connectivity index (χ2n) is 5.03. The second-order valence-corrected chi connectivity index (χ2v) is 5.47. The van der Waals surface area contributed by atoms with Crippen molar-refractivity contribution in [1.82, 2.24) is 9.80 Å². The summed E-state index contributed by atoms with van der Waals surface area (Å²) in [5.41, 5.74) is 5.27. The first-order valence-corrected chi connectivity index (χ1v) is 6.82. The Morgan fingerprint density at radius 2 is 1.88 bits per heavy atom.